The molecule has 4 N–H and O–H groups in total. The molecule has 1 aromatic carbocycles. The number of rotatable bonds is 3. The summed E-state index contributed by atoms with van der Waals surface area (Å²) in [7, 11) is 0. The standard InChI is InChI=1S/C14H19N3O4/c1-8-6-9(13(15)11(7-8)17(20)21)14(19)16-10-4-2-3-5-12(10)18/h6-7,10,12,18H,2-5,15H2,1H3,(H,16,19). The summed E-state index contributed by atoms with van der Waals surface area (Å²) >= 11 is 0. The van der Waals surface area contributed by atoms with Crippen molar-refractivity contribution in [2.45, 2.75) is 44.8 Å². The number of aryl methyl sites for hydroxylation is 1. The van der Waals surface area contributed by atoms with Crippen molar-refractivity contribution in [2.24, 2.45) is 0 Å². The molecule has 1 aliphatic rings. The highest BCUT2D eigenvalue weighted by Gasteiger charge is 2.27. The summed E-state index contributed by atoms with van der Waals surface area (Å²) in [5.74, 6) is -0.481. The van der Waals surface area contributed by atoms with Crippen molar-refractivity contribution >= 4 is 17.3 Å². The molecule has 1 amide bonds. The molecule has 1 saturated carbocycles. The van der Waals surface area contributed by atoms with E-state index in [1.165, 1.54) is 12.1 Å². The lowest BCUT2D eigenvalue weighted by Gasteiger charge is -2.28. The molecule has 1 aliphatic carbocycles. The maximum atomic E-state index is 12.3. The minimum absolute atomic E-state index is 0.0828. The highest BCUT2D eigenvalue weighted by atomic mass is 16.6. The number of nitro groups is 1. The Kier molecular flexibility index (Phi) is 4.42. The van der Waals surface area contributed by atoms with E-state index in [0.29, 0.717) is 18.4 Å². The quantitative estimate of drug-likeness (QED) is 0.443. The molecule has 7 heteroatoms. The van der Waals surface area contributed by atoms with Gasteiger partial charge in [0.2, 0.25) is 0 Å². The van der Waals surface area contributed by atoms with Gasteiger partial charge in [0.05, 0.1) is 22.6 Å². The van der Waals surface area contributed by atoms with Crippen LogP contribution in [0.4, 0.5) is 11.4 Å². The summed E-state index contributed by atoms with van der Waals surface area (Å²) in [6.07, 6.45) is 2.63. The van der Waals surface area contributed by atoms with Gasteiger partial charge in [-0.2, -0.15) is 0 Å². The number of amides is 1. The van der Waals surface area contributed by atoms with E-state index in [9.17, 15) is 20.0 Å². The first-order chi connectivity index (χ1) is 9.90. The van der Waals surface area contributed by atoms with Crippen LogP contribution < -0.4 is 11.1 Å². The van der Waals surface area contributed by atoms with Gasteiger partial charge in [0.1, 0.15) is 5.69 Å². The van der Waals surface area contributed by atoms with Crippen LogP contribution in [0.3, 0.4) is 0 Å². The molecule has 2 atom stereocenters. The van der Waals surface area contributed by atoms with E-state index in [-0.39, 0.29) is 23.0 Å². The Morgan fingerprint density at radius 3 is 2.71 bits per heavy atom. The van der Waals surface area contributed by atoms with Crippen molar-refractivity contribution in [1.29, 1.82) is 0 Å². The van der Waals surface area contributed by atoms with Crippen LogP contribution in [-0.2, 0) is 0 Å². The molecule has 0 bridgehead atoms. The third-order valence-corrected chi connectivity index (χ3v) is 3.79. The highest BCUT2D eigenvalue weighted by molar-refractivity contribution is 6.01. The normalized spacial score (nSPS) is 21.8. The average molecular weight is 293 g/mol. The monoisotopic (exact) mass is 293 g/mol. The van der Waals surface area contributed by atoms with E-state index < -0.39 is 16.9 Å². The maximum Gasteiger partial charge on any atom is 0.293 e. The van der Waals surface area contributed by atoms with Crippen LogP contribution in [0.25, 0.3) is 0 Å². The zero-order valence-corrected chi connectivity index (χ0v) is 11.8. The van der Waals surface area contributed by atoms with Crippen molar-refractivity contribution in [3.05, 3.63) is 33.4 Å². The molecule has 0 saturated heterocycles. The van der Waals surface area contributed by atoms with E-state index in [1.54, 1.807) is 6.92 Å². The number of anilines is 1. The first kappa shape index (κ1) is 15.2. The third-order valence-electron chi connectivity index (χ3n) is 3.79. The molecule has 2 unspecified atom stereocenters. The Hall–Kier alpha value is -2.15. The van der Waals surface area contributed by atoms with Crippen molar-refractivity contribution in [2.75, 3.05) is 5.73 Å². The number of hydrogen-bond acceptors (Lipinski definition) is 5. The number of nitrogens with zero attached hydrogens (tertiary/aromatic N) is 1. The van der Waals surface area contributed by atoms with Crippen molar-refractivity contribution < 1.29 is 14.8 Å². The zero-order valence-electron chi connectivity index (χ0n) is 11.8. The van der Waals surface area contributed by atoms with E-state index in [1.807, 2.05) is 0 Å². The average Bonchev–Trinajstić information content (AvgIpc) is 2.43. The lowest BCUT2D eigenvalue weighted by molar-refractivity contribution is -0.384. The van der Waals surface area contributed by atoms with Gasteiger partial charge in [-0.1, -0.05) is 12.8 Å². The topological polar surface area (TPSA) is 118 Å². The zero-order chi connectivity index (χ0) is 15.6. The van der Waals surface area contributed by atoms with E-state index in [0.717, 1.165) is 12.8 Å². The second-order valence-corrected chi connectivity index (χ2v) is 5.43. The van der Waals surface area contributed by atoms with Gasteiger partial charge in [0.15, 0.2) is 0 Å². The van der Waals surface area contributed by atoms with Crippen LogP contribution in [-0.4, -0.2) is 28.1 Å². The molecule has 0 radical (unpaired) electrons. The molecule has 0 aliphatic heterocycles. The summed E-state index contributed by atoms with van der Waals surface area (Å²) in [4.78, 5) is 22.6. The van der Waals surface area contributed by atoms with Gasteiger partial charge >= 0.3 is 0 Å². The molecule has 114 valence electrons. The molecule has 21 heavy (non-hydrogen) atoms. The summed E-state index contributed by atoms with van der Waals surface area (Å²) in [5, 5.41) is 23.5. The van der Waals surface area contributed by atoms with Crippen molar-refractivity contribution in [3.63, 3.8) is 0 Å². The Bertz CT molecular complexity index is 574. The largest absolute Gasteiger partial charge is 0.393 e. The fourth-order valence-corrected chi connectivity index (χ4v) is 2.64. The Balaban J connectivity index is 2.24. The summed E-state index contributed by atoms with van der Waals surface area (Å²) < 4.78 is 0. The predicted molar refractivity (Wildman–Crippen MR) is 78.0 cm³/mol. The first-order valence-electron chi connectivity index (χ1n) is 6.93. The Morgan fingerprint density at radius 2 is 2.10 bits per heavy atom. The maximum absolute atomic E-state index is 12.3. The Morgan fingerprint density at radius 1 is 1.43 bits per heavy atom. The van der Waals surface area contributed by atoms with Gasteiger partial charge < -0.3 is 16.2 Å². The van der Waals surface area contributed by atoms with Gasteiger partial charge in [0, 0.05) is 6.07 Å². The van der Waals surface area contributed by atoms with Gasteiger partial charge in [-0.3, -0.25) is 14.9 Å². The molecule has 2 rings (SSSR count). The van der Waals surface area contributed by atoms with Gasteiger partial charge in [-0.15, -0.1) is 0 Å². The second-order valence-electron chi connectivity index (χ2n) is 5.43. The number of aliphatic hydroxyl groups excluding tert-OH is 1. The highest BCUT2D eigenvalue weighted by Crippen LogP contribution is 2.27. The van der Waals surface area contributed by atoms with Crippen LogP contribution in [0.1, 0.15) is 41.6 Å². The van der Waals surface area contributed by atoms with Crippen LogP contribution in [0.5, 0.6) is 0 Å². The number of nitro benzene ring substituents is 1. The van der Waals surface area contributed by atoms with Gasteiger partial charge in [-0.05, 0) is 31.4 Å². The Labute approximate surface area is 122 Å². The third kappa shape index (κ3) is 3.30. The van der Waals surface area contributed by atoms with Crippen molar-refractivity contribution in [3.8, 4) is 0 Å². The molecule has 1 aromatic rings. The number of carbonyl (C=O) groups is 1. The number of nitrogen functional groups attached to an aromatic ring is 1. The predicted octanol–water partition coefficient (Wildman–Crippen LogP) is 1.52. The smallest absolute Gasteiger partial charge is 0.293 e. The van der Waals surface area contributed by atoms with Crippen molar-refractivity contribution in [1.82, 2.24) is 5.32 Å². The molecule has 1 fully saturated rings. The SMILES string of the molecule is Cc1cc(C(=O)NC2CCCCC2O)c(N)c([N+](=O)[O-])c1. The summed E-state index contributed by atoms with van der Waals surface area (Å²) in [5.41, 5.74) is 5.98. The molecular weight excluding hydrogens is 274 g/mol. The number of aliphatic hydroxyl groups is 1. The summed E-state index contributed by atoms with van der Waals surface area (Å²) in [6.45, 7) is 1.67. The van der Waals surface area contributed by atoms with Crippen LogP contribution >= 0.6 is 0 Å². The first-order valence-corrected chi connectivity index (χ1v) is 6.93. The lowest BCUT2D eigenvalue weighted by atomic mass is 9.92. The minimum Gasteiger partial charge on any atom is -0.393 e. The number of nitrogens with two attached hydrogens (primary N) is 1. The number of hydrogen-bond donors (Lipinski definition) is 3. The molecule has 0 aromatic heterocycles. The minimum atomic E-state index is -0.603. The molecule has 0 heterocycles. The fourth-order valence-electron chi connectivity index (χ4n) is 2.64. The number of nitrogens with one attached hydrogen (secondary N) is 1. The molecular formula is C14H19N3O4. The summed E-state index contributed by atoms with van der Waals surface area (Å²) in [6, 6.07) is 2.53. The van der Waals surface area contributed by atoms with Crippen LogP contribution in [0.2, 0.25) is 0 Å². The molecule has 0 spiro atoms. The van der Waals surface area contributed by atoms with Gasteiger partial charge in [-0.25, -0.2) is 0 Å². The number of carbonyl (C=O) groups excluding carboxylic acids is 1. The van der Waals surface area contributed by atoms with Crippen LogP contribution in [0.15, 0.2) is 12.1 Å². The van der Waals surface area contributed by atoms with Gasteiger partial charge in [0.25, 0.3) is 11.6 Å². The van der Waals surface area contributed by atoms with E-state index >= 15 is 0 Å². The fraction of sp³-hybridized carbons (Fsp3) is 0.500. The van der Waals surface area contributed by atoms with Crippen LogP contribution in [0, 0.1) is 17.0 Å². The van der Waals surface area contributed by atoms with E-state index in [4.69, 9.17) is 5.73 Å². The second kappa shape index (κ2) is 6.09. The lowest BCUT2D eigenvalue weighted by Crippen LogP contribution is -2.45. The molecule has 7 nitrogen and oxygen atoms in total. The number of benzene rings is 1. The van der Waals surface area contributed by atoms with E-state index in [2.05, 4.69) is 5.32 Å².